The van der Waals surface area contributed by atoms with Gasteiger partial charge in [-0.1, -0.05) is 44.2 Å². The molecule has 2 rings (SSSR count). The van der Waals surface area contributed by atoms with Gasteiger partial charge in [0.1, 0.15) is 0 Å². The van der Waals surface area contributed by atoms with Crippen LogP contribution in [0, 0.1) is 17.3 Å². The predicted octanol–water partition coefficient (Wildman–Crippen LogP) is 4.02. The van der Waals surface area contributed by atoms with Crippen LogP contribution in [0.15, 0.2) is 30.3 Å². The summed E-state index contributed by atoms with van der Waals surface area (Å²) in [5, 5.41) is 0. The van der Waals surface area contributed by atoms with Gasteiger partial charge in [-0.15, -0.1) is 0 Å². The van der Waals surface area contributed by atoms with Crippen molar-refractivity contribution in [3.8, 4) is 0 Å². The summed E-state index contributed by atoms with van der Waals surface area (Å²) >= 11 is 0. The van der Waals surface area contributed by atoms with Crippen LogP contribution in [0.1, 0.15) is 45.1 Å². The zero-order valence-electron chi connectivity index (χ0n) is 11.9. The normalized spacial score (nSPS) is 27.1. The van der Waals surface area contributed by atoms with Gasteiger partial charge in [0.05, 0.1) is 0 Å². The first-order valence-corrected chi connectivity index (χ1v) is 7.35. The number of aryl methyl sites for hydroxylation is 1. The molecular formula is C17H27N. The Morgan fingerprint density at radius 2 is 1.89 bits per heavy atom. The fourth-order valence-corrected chi connectivity index (χ4v) is 3.44. The molecule has 0 spiro atoms. The molecule has 1 aromatic rings. The Kier molecular flexibility index (Phi) is 4.45. The summed E-state index contributed by atoms with van der Waals surface area (Å²) in [6.07, 6.45) is 6.52. The second-order valence-electron chi connectivity index (χ2n) is 6.69. The van der Waals surface area contributed by atoms with E-state index in [-0.39, 0.29) is 0 Å². The number of hydrogen-bond donors (Lipinski definition) is 1. The van der Waals surface area contributed by atoms with Gasteiger partial charge in [-0.05, 0) is 61.5 Å². The van der Waals surface area contributed by atoms with Crippen molar-refractivity contribution in [3.05, 3.63) is 35.9 Å². The highest BCUT2D eigenvalue weighted by molar-refractivity contribution is 5.14. The van der Waals surface area contributed by atoms with Crippen molar-refractivity contribution >= 4 is 0 Å². The van der Waals surface area contributed by atoms with Crippen molar-refractivity contribution in [2.75, 3.05) is 6.54 Å². The summed E-state index contributed by atoms with van der Waals surface area (Å²) in [7, 11) is 0. The van der Waals surface area contributed by atoms with Crippen LogP contribution in [-0.2, 0) is 6.42 Å². The van der Waals surface area contributed by atoms with E-state index in [4.69, 9.17) is 5.73 Å². The van der Waals surface area contributed by atoms with Crippen LogP contribution in [0.25, 0.3) is 0 Å². The van der Waals surface area contributed by atoms with Gasteiger partial charge in [-0.2, -0.15) is 0 Å². The van der Waals surface area contributed by atoms with Crippen molar-refractivity contribution < 1.29 is 0 Å². The van der Waals surface area contributed by atoms with Gasteiger partial charge in [0, 0.05) is 0 Å². The van der Waals surface area contributed by atoms with Crippen molar-refractivity contribution in [2.24, 2.45) is 23.0 Å². The first-order chi connectivity index (χ1) is 8.61. The SMILES string of the molecule is CC1(C)CCC(CN)C(CCc2ccccc2)C1. The molecule has 1 nitrogen and oxygen atoms in total. The smallest absolute Gasteiger partial charge is 0.00462 e. The maximum Gasteiger partial charge on any atom is -0.00462 e. The molecule has 100 valence electrons. The first kappa shape index (κ1) is 13.6. The molecule has 0 aliphatic heterocycles. The second kappa shape index (κ2) is 5.88. The molecule has 0 radical (unpaired) electrons. The van der Waals surface area contributed by atoms with Crippen LogP contribution >= 0.6 is 0 Å². The lowest BCUT2D eigenvalue weighted by atomic mass is 9.66. The third-order valence-corrected chi connectivity index (χ3v) is 4.62. The highest BCUT2D eigenvalue weighted by Crippen LogP contribution is 2.43. The Balaban J connectivity index is 1.93. The molecule has 1 saturated carbocycles. The molecule has 1 fully saturated rings. The fourth-order valence-electron chi connectivity index (χ4n) is 3.44. The highest BCUT2D eigenvalue weighted by atomic mass is 14.6. The van der Waals surface area contributed by atoms with Crippen molar-refractivity contribution in [1.29, 1.82) is 0 Å². The monoisotopic (exact) mass is 245 g/mol. The molecule has 2 N–H and O–H groups in total. The maximum absolute atomic E-state index is 5.95. The Labute approximate surface area is 112 Å². The molecule has 1 aliphatic rings. The zero-order chi connectivity index (χ0) is 13.0. The summed E-state index contributed by atoms with van der Waals surface area (Å²) in [4.78, 5) is 0. The Morgan fingerprint density at radius 3 is 2.56 bits per heavy atom. The van der Waals surface area contributed by atoms with Crippen molar-refractivity contribution in [2.45, 2.75) is 46.0 Å². The lowest BCUT2D eigenvalue weighted by Crippen LogP contribution is -2.34. The average Bonchev–Trinajstić information content (AvgIpc) is 2.37. The van der Waals surface area contributed by atoms with Crippen LogP contribution in [0.4, 0.5) is 0 Å². The quantitative estimate of drug-likeness (QED) is 0.852. The molecule has 0 aromatic heterocycles. The van der Waals surface area contributed by atoms with Gasteiger partial charge in [0.25, 0.3) is 0 Å². The molecule has 0 saturated heterocycles. The van der Waals surface area contributed by atoms with Crippen LogP contribution < -0.4 is 5.73 Å². The highest BCUT2D eigenvalue weighted by Gasteiger charge is 2.33. The van der Waals surface area contributed by atoms with E-state index in [2.05, 4.69) is 44.2 Å². The van der Waals surface area contributed by atoms with E-state index >= 15 is 0 Å². The molecule has 1 heteroatoms. The maximum atomic E-state index is 5.95. The molecule has 0 amide bonds. The third-order valence-electron chi connectivity index (χ3n) is 4.62. The fraction of sp³-hybridized carbons (Fsp3) is 0.647. The summed E-state index contributed by atoms with van der Waals surface area (Å²) < 4.78 is 0. The molecule has 1 aliphatic carbocycles. The van der Waals surface area contributed by atoms with Gasteiger partial charge in [0.2, 0.25) is 0 Å². The van der Waals surface area contributed by atoms with Gasteiger partial charge in [0.15, 0.2) is 0 Å². The molecule has 2 atom stereocenters. The van der Waals surface area contributed by atoms with E-state index in [9.17, 15) is 0 Å². The Hall–Kier alpha value is -0.820. The van der Waals surface area contributed by atoms with Gasteiger partial charge < -0.3 is 5.73 Å². The van der Waals surface area contributed by atoms with Gasteiger partial charge in [-0.25, -0.2) is 0 Å². The second-order valence-corrected chi connectivity index (χ2v) is 6.69. The van der Waals surface area contributed by atoms with Crippen LogP contribution in [-0.4, -0.2) is 6.54 Å². The number of hydrogen-bond acceptors (Lipinski definition) is 1. The minimum Gasteiger partial charge on any atom is -0.330 e. The lowest BCUT2D eigenvalue weighted by molar-refractivity contribution is 0.115. The summed E-state index contributed by atoms with van der Waals surface area (Å²) in [6.45, 7) is 5.69. The van der Waals surface area contributed by atoms with Crippen LogP contribution in [0.3, 0.4) is 0 Å². The van der Waals surface area contributed by atoms with Gasteiger partial charge >= 0.3 is 0 Å². The van der Waals surface area contributed by atoms with E-state index in [0.29, 0.717) is 5.41 Å². The molecule has 0 heterocycles. The number of rotatable bonds is 4. The Bertz CT molecular complexity index is 355. The van der Waals surface area contributed by atoms with Gasteiger partial charge in [-0.3, -0.25) is 0 Å². The molecular weight excluding hydrogens is 218 g/mol. The standard InChI is InChI=1S/C17H27N/c1-17(2)11-10-16(13-18)15(12-17)9-8-14-6-4-3-5-7-14/h3-7,15-16H,8-13,18H2,1-2H3. The van der Waals surface area contributed by atoms with E-state index in [1.807, 2.05) is 0 Å². The van der Waals surface area contributed by atoms with E-state index < -0.39 is 0 Å². The van der Waals surface area contributed by atoms with Crippen LogP contribution in [0.2, 0.25) is 0 Å². The minimum atomic E-state index is 0.521. The predicted molar refractivity (Wildman–Crippen MR) is 78.4 cm³/mol. The summed E-state index contributed by atoms with van der Waals surface area (Å²) in [5.41, 5.74) is 7.94. The van der Waals surface area contributed by atoms with Crippen molar-refractivity contribution in [3.63, 3.8) is 0 Å². The molecule has 0 bridgehead atoms. The summed E-state index contributed by atoms with van der Waals surface area (Å²) in [5.74, 6) is 1.57. The number of nitrogens with two attached hydrogens (primary N) is 1. The topological polar surface area (TPSA) is 26.0 Å². The number of benzene rings is 1. The third kappa shape index (κ3) is 3.58. The molecule has 2 unspecified atom stereocenters. The minimum absolute atomic E-state index is 0.521. The van der Waals surface area contributed by atoms with Crippen LogP contribution in [0.5, 0.6) is 0 Å². The van der Waals surface area contributed by atoms with Crippen molar-refractivity contribution in [1.82, 2.24) is 0 Å². The molecule has 1 aromatic carbocycles. The van der Waals surface area contributed by atoms with E-state index in [1.54, 1.807) is 0 Å². The average molecular weight is 245 g/mol. The molecule has 18 heavy (non-hydrogen) atoms. The first-order valence-electron chi connectivity index (χ1n) is 7.35. The van der Waals surface area contributed by atoms with E-state index in [0.717, 1.165) is 18.4 Å². The largest absolute Gasteiger partial charge is 0.330 e. The summed E-state index contributed by atoms with van der Waals surface area (Å²) in [6, 6.07) is 10.9. The zero-order valence-corrected chi connectivity index (χ0v) is 11.9. The Morgan fingerprint density at radius 1 is 1.17 bits per heavy atom. The van der Waals surface area contributed by atoms with E-state index in [1.165, 1.54) is 37.7 Å². The lowest BCUT2D eigenvalue weighted by Gasteiger charge is -2.40.